The van der Waals surface area contributed by atoms with E-state index in [1.54, 1.807) is 0 Å². The lowest BCUT2D eigenvalue weighted by molar-refractivity contribution is 1.18. The number of para-hydroxylation sites is 4. The highest BCUT2D eigenvalue weighted by Gasteiger charge is 2.36. The minimum absolute atomic E-state index is 0.160. The summed E-state index contributed by atoms with van der Waals surface area (Å²) in [5.74, 6) is 0. The second kappa shape index (κ2) is 8.50. The highest BCUT2D eigenvalue weighted by atomic mass is 15.0. The fraction of sp³-hybridized carbons (Fsp3) is 0.0769. The molecule has 0 amide bonds. The van der Waals surface area contributed by atoms with Crippen molar-refractivity contribution in [2.45, 2.75) is 20.8 Å². The topological polar surface area (TPSA) is 9.86 Å². The number of fused-ring (bicyclic) bond motifs is 8. The highest BCUT2D eigenvalue weighted by Crippen LogP contribution is 2.40. The quantitative estimate of drug-likeness (QED) is 0.201. The summed E-state index contributed by atoms with van der Waals surface area (Å²) in [4.78, 5) is 0. The van der Waals surface area contributed by atoms with E-state index in [0.717, 1.165) is 0 Å². The van der Waals surface area contributed by atoms with Crippen LogP contribution in [0.15, 0.2) is 121 Å². The van der Waals surface area contributed by atoms with Crippen LogP contribution in [0.4, 0.5) is 0 Å². The average molecular weight is 536 g/mol. The summed E-state index contributed by atoms with van der Waals surface area (Å²) in [7, 11) is 0. The fourth-order valence-corrected chi connectivity index (χ4v) is 8.02. The van der Waals surface area contributed by atoms with Crippen molar-refractivity contribution in [3.05, 3.63) is 138 Å². The van der Waals surface area contributed by atoms with Crippen molar-refractivity contribution in [1.82, 2.24) is 9.13 Å². The van der Waals surface area contributed by atoms with E-state index in [-0.39, 0.29) is 6.71 Å². The smallest absolute Gasteiger partial charge is 0.247 e. The van der Waals surface area contributed by atoms with Crippen LogP contribution in [0.3, 0.4) is 0 Å². The Morgan fingerprint density at radius 3 is 1.69 bits per heavy atom. The van der Waals surface area contributed by atoms with Gasteiger partial charge in [-0.3, -0.25) is 0 Å². The summed E-state index contributed by atoms with van der Waals surface area (Å²) in [5.41, 5.74) is 15.8. The van der Waals surface area contributed by atoms with Gasteiger partial charge < -0.3 is 9.13 Å². The second-order valence-electron chi connectivity index (χ2n) is 11.9. The molecule has 9 rings (SSSR count). The minimum atomic E-state index is 0.160. The molecule has 3 heterocycles. The highest BCUT2D eigenvalue weighted by molar-refractivity contribution is 6.98. The Bertz CT molecular complexity index is 2330. The zero-order valence-corrected chi connectivity index (χ0v) is 24.0. The molecule has 8 aromatic rings. The summed E-state index contributed by atoms with van der Waals surface area (Å²) >= 11 is 0. The van der Waals surface area contributed by atoms with Gasteiger partial charge in [-0.1, -0.05) is 113 Å². The Kier molecular flexibility index (Phi) is 4.79. The van der Waals surface area contributed by atoms with Gasteiger partial charge in [-0.05, 0) is 62.0 Å². The molecule has 2 aromatic heterocycles. The third-order valence-electron chi connectivity index (χ3n) is 9.47. The first-order valence-corrected chi connectivity index (χ1v) is 14.8. The largest absolute Gasteiger partial charge is 0.310 e. The Morgan fingerprint density at radius 2 is 1.02 bits per heavy atom. The molecule has 0 saturated heterocycles. The van der Waals surface area contributed by atoms with Crippen molar-refractivity contribution in [1.29, 1.82) is 0 Å². The SMILES string of the molecule is Cc1cc(C)c(B2c3ccccc3-n3c4ccccc4c4c(-n5c6ccccc6c6ccccc65)ccc2c43)c(C)c1. The van der Waals surface area contributed by atoms with Crippen LogP contribution in [-0.4, -0.2) is 15.8 Å². The van der Waals surface area contributed by atoms with E-state index in [0.29, 0.717) is 0 Å². The van der Waals surface area contributed by atoms with Gasteiger partial charge in [-0.25, -0.2) is 0 Å². The van der Waals surface area contributed by atoms with Gasteiger partial charge in [0.05, 0.1) is 27.8 Å². The monoisotopic (exact) mass is 536 g/mol. The molecule has 0 spiro atoms. The van der Waals surface area contributed by atoms with Crippen LogP contribution in [0.5, 0.6) is 0 Å². The van der Waals surface area contributed by atoms with Gasteiger partial charge in [0.2, 0.25) is 6.71 Å². The summed E-state index contributed by atoms with van der Waals surface area (Å²) in [5, 5.41) is 5.18. The van der Waals surface area contributed by atoms with Crippen LogP contribution < -0.4 is 16.4 Å². The molecule has 6 aromatic carbocycles. The van der Waals surface area contributed by atoms with Gasteiger partial charge in [-0.2, -0.15) is 0 Å². The first-order valence-electron chi connectivity index (χ1n) is 14.8. The molecule has 0 radical (unpaired) electrons. The van der Waals surface area contributed by atoms with Crippen LogP contribution in [0.25, 0.3) is 55.0 Å². The van der Waals surface area contributed by atoms with E-state index in [2.05, 4.69) is 151 Å². The van der Waals surface area contributed by atoms with Crippen LogP contribution in [0, 0.1) is 20.8 Å². The van der Waals surface area contributed by atoms with E-state index in [9.17, 15) is 0 Å². The Balaban J connectivity index is 1.49. The number of hydrogen-bond donors (Lipinski definition) is 0. The Labute approximate surface area is 245 Å². The molecule has 198 valence electrons. The fourth-order valence-electron chi connectivity index (χ4n) is 8.02. The number of nitrogens with zero attached hydrogens (tertiary/aromatic N) is 2. The average Bonchev–Trinajstić information content (AvgIpc) is 3.53. The van der Waals surface area contributed by atoms with E-state index >= 15 is 0 Å². The molecule has 0 aliphatic carbocycles. The maximum Gasteiger partial charge on any atom is 0.247 e. The summed E-state index contributed by atoms with van der Waals surface area (Å²) in [6.45, 7) is 6.93. The summed E-state index contributed by atoms with van der Waals surface area (Å²) in [6.07, 6.45) is 0. The molecule has 0 bridgehead atoms. The van der Waals surface area contributed by atoms with Crippen molar-refractivity contribution in [3.63, 3.8) is 0 Å². The number of benzene rings is 6. The third-order valence-corrected chi connectivity index (χ3v) is 9.47. The summed E-state index contributed by atoms with van der Waals surface area (Å²) in [6, 6.07) is 45.1. The van der Waals surface area contributed by atoms with Gasteiger partial charge in [0.25, 0.3) is 0 Å². The Morgan fingerprint density at radius 1 is 0.476 bits per heavy atom. The standard InChI is InChI=1S/C39H29BN2/c1-24-22-25(2)38(26(3)23-24)40-30-15-7-11-19-35(30)42-34-18-10-6-14-29(34)37-36(21-20-31(40)39(37)42)41-32-16-8-4-12-27(32)28-13-5-9-17-33(28)41/h4-23H,1-3H3. The first kappa shape index (κ1) is 23.7. The van der Waals surface area contributed by atoms with Crippen LogP contribution >= 0.6 is 0 Å². The van der Waals surface area contributed by atoms with Crippen molar-refractivity contribution in [2.24, 2.45) is 0 Å². The van der Waals surface area contributed by atoms with E-state index in [1.807, 2.05) is 0 Å². The molecule has 42 heavy (non-hydrogen) atoms. The van der Waals surface area contributed by atoms with Crippen molar-refractivity contribution < 1.29 is 0 Å². The van der Waals surface area contributed by atoms with Crippen molar-refractivity contribution in [2.75, 3.05) is 0 Å². The second-order valence-corrected chi connectivity index (χ2v) is 11.9. The van der Waals surface area contributed by atoms with E-state index < -0.39 is 0 Å². The van der Waals surface area contributed by atoms with Gasteiger partial charge >= 0.3 is 0 Å². The van der Waals surface area contributed by atoms with E-state index in [4.69, 9.17) is 0 Å². The predicted molar refractivity (Wildman–Crippen MR) is 180 cm³/mol. The van der Waals surface area contributed by atoms with E-state index in [1.165, 1.54) is 88.1 Å². The molecule has 0 fully saturated rings. The molecule has 1 aliphatic heterocycles. The lowest BCUT2D eigenvalue weighted by Crippen LogP contribution is -2.57. The molecule has 0 saturated carbocycles. The molecule has 0 atom stereocenters. The maximum atomic E-state index is 2.53. The zero-order valence-electron chi connectivity index (χ0n) is 24.0. The van der Waals surface area contributed by atoms with Gasteiger partial charge in [0.15, 0.2) is 0 Å². The molecule has 1 aliphatic rings. The molecule has 2 nitrogen and oxygen atoms in total. The summed E-state index contributed by atoms with van der Waals surface area (Å²) < 4.78 is 5.01. The zero-order chi connectivity index (χ0) is 28.1. The molecule has 3 heteroatoms. The van der Waals surface area contributed by atoms with Crippen molar-refractivity contribution >= 4 is 66.7 Å². The van der Waals surface area contributed by atoms with Crippen LogP contribution in [0.2, 0.25) is 0 Å². The number of hydrogen-bond acceptors (Lipinski definition) is 0. The third kappa shape index (κ3) is 3.00. The van der Waals surface area contributed by atoms with Crippen LogP contribution in [0.1, 0.15) is 16.7 Å². The molecule has 0 N–H and O–H groups in total. The molecular formula is C39H29BN2. The van der Waals surface area contributed by atoms with Gasteiger partial charge in [0.1, 0.15) is 0 Å². The maximum absolute atomic E-state index is 2.53. The number of aromatic nitrogens is 2. The van der Waals surface area contributed by atoms with Gasteiger partial charge in [-0.15, -0.1) is 0 Å². The first-order chi connectivity index (χ1) is 20.6. The predicted octanol–water partition coefficient (Wildman–Crippen LogP) is 7.64. The lowest BCUT2D eigenvalue weighted by atomic mass is 9.34. The number of aryl methyl sites for hydroxylation is 3. The molecular weight excluding hydrogens is 507 g/mol. The minimum Gasteiger partial charge on any atom is -0.310 e. The Hall–Kier alpha value is -5.02. The lowest BCUT2D eigenvalue weighted by Gasteiger charge is -2.29. The number of rotatable bonds is 2. The van der Waals surface area contributed by atoms with Gasteiger partial charge in [0, 0.05) is 27.2 Å². The normalized spacial score (nSPS) is 12.6. The van der Waals surface area contributed by atoms with Crippen molar-refractivity contribution in [3.8, 4) is 11.4 Å². The van der Waals surface area contributed by atoms with Crippen LogP contribution in [-0.2, 0) is 0 Å². The molecule has 0 unspecified atom stereocenters.